The zero-order valence-electron chi connectivity index (χ0n) is 16.6. The lowest BCUT2D eigenvalue weighted by atomic mass is 9.95. The average molecular weight is 432 g/mol. The number of hydrogen-bond acceptors (Lipinski definition) is 5. The van der Waals surface area contributed by atoms with Gasteiger partial charge >= 0.3 is 0 Å². The fourth-order valence-electron chi connectivity index (χ4n) is 3.71. The molecule has 1 N–H and O–H groups in total. The summed E-state index contributed by atoms with van der Waals surface area (Å²) in [6.07, 6.45) is 0. The lowest BCUT2D eigenvalue weighted by Gasteiger charge is -2.25. The van der Waals surface area contributed by atoms with Crippen molar-refractivity contribution in [3.63, 3.8) is 0 Å². The zero-order chi connectivity index (χ0) is 22.8. The molecule has 0 aromatic heterocycles. The van der Waals surface area contributed by atoms with Crippen LogP contribution in [0.15, 0.2) is 84.4 Å². The van der Waals surface area contributed by atoms with Crippen LogP contribution in [-0.4, -0.2) is 26.6 Å². The molecule has 160 valence electrons. The van der Waals surface area contributed by atoms with Gasteiger partial charge in [0, 0.05) is 24.2 Å². The van der Waals surface area contributed by atoms with Crippen LogP contribution in [0.25, 0.3) is 5.76 Å². The smallest absolute Gasteiger partial charge is 0.295 e. The Balaban J connectivity index is 1.84. The maximum Gasteiger partial charge on any atom is 0.295 e. The molecule has 1 fully saturated rings. The second-order valence-corrected chi connectivity index (χ2v) is 7.27. The highest BCUT2D eigenvalue weighted by Crippen LogP contribution is 2.40. The third-order valence-corrected chi connectivity index (χ3v) is 5.27. The molecule has 3 aromatic carbocycles. The molecular formula is C24H17FN2O5. The number of nitro groups is 1. The molecule has 1 amide bonds. The first-order valence-corrected chi connectivity index (χ1v) is 9.69. The molecule has 1 aliphatic heterocycles. The Kier molecular flexibility index (Phi) is 5.51. The van der Waals surface area contributed by atoms with Crippen molar-refractivity contribution in [3.8, 4) is 0 Å². The van der Waals surface area contributed by atoms with Crippen LogP contribution in [0.2, 0.25) is 0 Å². The van der Waals surface area contributed by atoms with Crippen molar-refractivity contribution in [1.82, 2.24) is 4.90 Å². The average Bonchev–Trinajstić information content (AvgIpc) is 3.05. The van der Waals surface area contributed by atoms with E-state index in [0.717, 1.165) is 5.56 Å². The Morgan fingerprint density at radius 3 is 2.19 bits per heavy atom. The number of ketones is 1. The Labute approximate surface area is 182 Å². The van der Waals surface area contributed by atoms with E-state index in [4.69, 9.17) is 0 Å². The van der Waals surface area contributed by atoms with Crippen LogP contribution >= 0.6 is 0 Å². The second kappa shape index (κ2) is 8.43. The summed E-state index contributed by atoms with van der Waals surface area (Å²) in [4.78, 5) is 37.5. The lowest BCUT2D eigenvalue weighted by molar-refractivity contribution is -0.384. The highest BCUT2D eigenvalue weighted by molar-refractivity contribution is 6.46. The predicted octanol–water partition coefficient (Wildman–Crippen LogP) is 4.36. The Morgan fingerprint density at radius 2 is 1.59 bits per heavy atom. The van der Waals surface area contributed by atoms with E-state index in [-0.39, 0.29) is 23.4 Å². The zero-order valence-corrected chi connectivity index (χ0v) is 16.6. The third kappa shape index (κ3) is 3.85. The molecule has 1 heterocycles. The molecule has 1 atom stereocenters. The highest BCUT2D eigenvalue weighted by atomic mass is 19.1. The number of hydrogen-bond donors (Lipinski definition) is 1. The van der Waals surface area contributed by atoms with Crippen LogP contribution in [-0.2, 0) is 16.1 Å². The van der Waals surface area contributed by atoms with Gasteiger partial charge in [-0.1, -0.05) is 42.5 Å². The number of carbonyl (C=O) groups excluding carboxylic acids is 2. The molecule has 8 heteroatoms. The molecule has 0 aliphatic carbocycles. The number of rotatable bonds is 5. The quantitative estimate of drug-likeness (QED) is 0.212. The van der Waals surface area contributed by atoms with E-state index in [9.17, 15) is 29.2 Å². The van der Waals surface area contributed by atoms with Crippen LogP contribution in [0, 0.1) is 15.9 Å². The van der Waals surface area contributed by atoms with Crippen LogP contribution in [0.1, 0.15) is 22.7 Å². The first-order chi connectivity index (χ1) is 15.4. The number of carbonyl (C=O) groups is 2. The summed E-state index contributed by atoms with van der Waals surface area (Å²) in [5.41, 5.74) is 1.04. The number of aliphatic hydroxyl groups excluding tert-OH is 1. The minimum absolute atomic E-state index is 0.102. The van der Waals surface area contributed by atoms with Crippen molar-refractivity contribution in [3.05, 3.63) is 117 Å². The van der Waals surface area contributed by atoms with Gasteiger partial charge in [-0.2, -0.15) is 0 Å². The van der Waals surface area contributed by atoms with Gasteiger partial charge in [0.1, 0.15) is 11.6 Å². The van der Waals surface area contributed by atoms with Crippen molar-refractivity contribution >= 4 is 23.1 Å². The van der Waals surface area contributed by atoms with Crippen LogP contribution in [0.3, 0.4) is 0 Å². The standard InChI is InChI=1S/C24H17FN2O5/c25-18-10-6-16(7-11-18)21-20(22(28)17-8-12-19(13-9-17)27(31)32)23(29)24(30)26(21)14-15-4-2-1-3-5-15/h1-13,21,28H,14H2/b22-20+/t21-/m0/s1. The number of likely N-dealkylation sites (tertiary alicyclic amines) is 1. The minimum atomic E-state index is -0.953. The fourth-order valence-corrected chi connectivity index (χ4v) is 3.71. The largest absolute Gasteiger partial charge is 0.507 e. The predicted molar refractivity (Wildman–Crippen MR) is 114 cm³/mol. The van der Waals surface area contributed by atoms with Gasteiger partial charge in [0.2, 0.25) is 0 Å². The van der Waals surface area contributed by atoms with Crippen molar-refractivity contribution < 1.29 is 24.0 Å². The normalized spacial score (nSPS) is 17.5. The summed E-state index contributed by atoms with van der Waals surface area (Å²) in [7, 11) is 0. The van der Waals surface area contributed by atoms with Gasteiger partial charge < -0.3 is 10.0 Å². The number of nitro benzene ring substituents is 1. The number of aliphatic hydroxyl groups is 1. The van der Waals surface area contributed by atoms with Crippen LogP contribution < -0.4 is 0 Å². The van der Waals surface area contributed by atoms with E-state index in [1.54, 1.807) is 24.3 Å². The maximum atomic E-state index is 13.5. The number of halogens is 1. The maximum absolute atomic E-state index is 13.5. The van der Waals surface area contributed by atoms with Crippen molar-refractivity contribution in [2.45, 2.75) is 12.6 Å². The van der Waals surface area contributed by atoms with Crippen LogP contribution in [0.5, 0.6) is 0 Å². The molecule has 0 spiro atoms. The first-order valence-electron chi connectivity index (χ1n) is 9.69. The number of non-ortho nitro benzene ring substituents is 1. The Morgan fingerprint density at radius 1 is 0.969 bits per heavy atom. The van der Waals surface area contributed by atoms with E-state index in [0.29, 0.717) is 5.56 Å². The van der Waals surface area contributed by atoms with E-state index in [2.05, 4.69) is 0 Å². The second-order valence-electron chi connectivity index (χ2n) is 7.27. The fraction of sp³-hybridized carbons (Fsp3) is 0.0833. The van der Waals surface area contributed by atoms with E-state index in [1.165, 1.54) is 53.4 Å². The number of nitrogens with zero attached hydrogens (tertiary/aromatic N) is 2. The molecule has 32 heavy (non-hydrogen) atoms. The molecule has 3 aromatic rings. The van der Waals surface area contributed by atoms with Crippen molar-refractivity contribution in [2.75, 3.05) is 0 Å². The summed E-state index contributed by atoms with van der Waals surface area (Å²) >= 11 is 0. The van der Waals surface area contributed by atoms with Crippen molar-refractivity contribution in [2.24, 2.45) is 0 Å². The third-order valence-electron chi connectivity index (χ3n) is 5.27. The van der Waals surface area contributed by atoms with Gasteiger partial charge in [-0.3, -0.25) is 19.7 Å². The molecule has 1 aliphatic rings. The summed E-state index contributed by atoms with van der Waals surface area (Å²) in [5, 5.41) is 21.9. The lowest BCUT2D eigenvalue weighted by Crippen LogP contribution is -2.29. The van der Waals surface area contributed by atoms with Gasteiger partial charge in [0.25, 0.3) is 17.4 Å². The van der Waals surface area contributed by atoms with Crippen LogP contribution in [0.4, 0.5) is 10.1 Å². The molecule has 1 saturated heterocycles. The highest BCUT2D eigenvalue weighted by Gasteiger charge is 2.46. The number of amides is 1. The van der Waals surface area contributed by atoms with E-state index in [1.807, 2.05) is 6.07 Å². The van der Waals surface area contributed by atoms with Gasteiger partial charge in [0.05, 0.1) is 16.5 Å². The van der Waals surface area contributed by atoms with Gasteiger partial charge in [-0.05, 0) is 35.4 Å². The van der Waals surface area contributed by atoms with Gasteiger partial charge in [-0.15, -0.1) is 0 Å². The first kappa shape index (κ1) is 20.9. The summed E-state index contributed by atoms with van der Waals surface area (Å²) < 4.78 is 13.5. The van der Waals surface area contributed by atoms with Gasteiger partial charge in [-0.25, -0.2) is 4.39 Å². The SMILES string of the molecule is O=C1C(=O)N(Cc2ccccc2)[C@@H](c2ccc(F)cc2)/C1=C(\O)c1ccc([N+](=O)[O-])cc1. The van der Waals surface area contributed by atoms with Crippen molar-refractivity contribution in [1.29, 1.82) is 0 Å². The van der Waals surface area contributed by atoms with E-state index < -0.39 is 34.2 Å². The molecule has 0 unspecified atom stereocenters. The monoisotopic (exact) mass is 432 g/mol. The Hall–Kier alpha value is -4.33. The Bertz CT molecular complexity index is 1220. The molecule has 7 nitrogen and oxygen atoms in total. The molecular weight excluding hydrogens is 415 g/mol. The molecule has 0 radical (unpaired) electrons. The minimum Gasteiger partial charge on any atom is -0.507 e. The number of benzene rings is 3. The molecule has 0 bridgehead atoms. The molecule has 0 saturated carbocycles. The topological polar surface area (TPSA) is 101 Å². The number of Topliss-reactive ketones (excluding diaryl/α,β-unsaturated/α-hetero) is 1. The van der Waals surface area contributed by atoms with E-state index >= 15 is 0 Å². The summed E-state index contributed by atoms with van der Waals surface area (Å²) in [5.74, 6) is -2.62. The molecule has 4 rings (SSSR count). The summed E-state index contributed by atoms with van der Waals surface area (Å²) in [6.45, 7) is 0.102. The summed E-state index contributed by atoms with van der Waals surface area (Å²) in [6, 6.07) is 18.4. The van der Waals surface area contributed by atoms with Gasteiger partial charge in [0.15, 0.2) is 0 Å².